The van der Waals surface area contributed by atoms with Gasteiger partial charge in [0.2, 0.25) is 10.0 Å². The lowest BCUT2D eigenvalue weighted by Gasteiger charge is -2.19. The zero-order chi connectivity index (χ0) is 15.3. The van der Waals surface area contributed by atoms with Gasteiger partial charge in [-0.3, -0.25) is 5.10 Å². The Labute approximate surface area is 124 Å². The lowest BCUT2D eigenvalue weighted by molar-refractivity contribution is 0.579. The van der Waals surface area contributed by atoms with Crippen LogP contribution in [-0.4, -0.2) is 38.8 Å². The van der Waals surface area contributed by atoms with Gasteiger partial charge in [0.1, 0.15) is 10.7 Å². The first-order valence-corrected chi connectivity index (χ1v) is 8.04. The van der Waals surface area contributed by atoms with Crippen molar-refractivity contribution in [1.82, 2.24) is 14.9 Å². The number of hydrogen-bond donors (Lipinski definition) is 3. The molecular formula is C13H19N5O2S. The second kappa shape index (κ2) is 6.59. The largest absolute Gasteiger partial charge is 0.383 e. The van der Waals surface area contributed by atoms with Crippen LogP contribution in [0.5, 0.6) is 0 Å². The number of nitrogens with two attached hydrogens (primary N) is 1. The Balaban J connectivity index is 1.81. The van der Waals surface area contributed by atoms with Crippen molar-refractivity contribution in [1.29, 1.82) is 0 Å². The molecule has 1 heterocycles. The van der Waals surface area contributed by atoms with E-state index < -0.39 is 10.0 Å². The summed E-state index contributed by atoms with van der Waals surface area (Å²) in [6.07, 6.45) is 1.89. The normalized spacial score (nSPS) is 11.5. The molecule has 0 aliphatic heterocycles. The van der Waals surface area contributed by atoms with Gasteiger partial charge in [0.05, 0.1) is 6.20 Å². The van der Waals surface area contributed by atoms with Crippen molar-refractivity contribution >= 4 is 21.5 Å². The van der Waals surface area contributed by atoms with Crippen LogP contribution in [0.4, 0.5) is 11.5 Å². The van der Waals surface area contributed by atoms with Gasteiger partial charge in [-0.25, -0.2) is 13.1 Å². The molecule has 0 amide bonds. The minimum Gasteiger partial charge on any atom is -0.383 e. The van der Waals surface area contributed by atoms with Crippen LogP contribution in [0.15, 0.2) is 41.4 Å². The highest BCUT2D eigenvalue weighted by Crippen LogP contribution is 2.14. The second-order valence-corrected chi connectivity index (χ2v) is 6.39. The molecule has 8 heteroatoms. The smallest absolute Gasteiger partial charge is 0.245 e. The van der Waals surface area contributed by atoms with Crippen LogP contribution in [0.25, 0.3) is 0 Å². The molecule has 1 aromatic heterocycles. The van der Waals surface area contributed by atoms with Crippen molar-refractivity contribution in [3.63, 3.8) is 0 Å². The summed E-state index contributed by atoms with van der Waals surface area (Å²) in [6.45, 7) is 1.08. The quantitative estimate of drug-likeness (QED) is 0.656. The van der Waals surface area contributed by atoms with E-state index >= 15 is 0 Å². The third kappa shape index (κ3) is 3.96. The molecule has 0 radical (unpaired) electrons. The minimum absolute atomic E-state index is 0.0149. The van der Waals surface area contributed by atoms with Gasteiger partial charge >= 0.3 is 0 Å². The van der Waals surface area contributed by atoms with E-state index in [-0.39, 0.29) is 10.7 Å². The molecule has 2 aromatic rings. The first-order valence-electron chi connectivity index (χ1n) is 6.55. The molecule has 0 saturated heterocycles. The number of anilines is 2. The van der Waals surface area contributed by atoms with E-state index in [9.17, 15) is 8.42 Å². The molecule has 0 bridgehead atoms. The topological polar surface area (TPSA) is 104 Å². The number of rotatable bonds is 7. The zero-order valence-electron chi connectivity index (χ0n) is 11.8. The lowest BCUT2D eigenvalue weighted by Crippen LogP contribution is -2.28. The van der Waals surface area contributed by atoms with Crippen LogP contribution < -0.4 is 15.4 Å². The average molecular weight is 309 g/mol. The summed E-state index contributed by atoms with van der Waals surface area (Å²) in [5.74, 6) is 0.0453. The first-order chi connectivity index (χ1) is 10.0. The van der Waals surface area contributed by atoms with Gasteiger partial charge in [0.15, 0.2) is 0 Å². The number of nitrogen functional groups attached to an aromatic ring is 1. The van der Waals surface area contributed by atoms with Gasteiger partial charge in [-0.15, -0.1) is 0 Å². The SMILES string of the molecule is CN(CCCNS(=O)(=O)c1cn[nH]c1N)c1ccccc1. The molecule has 114 valence electrons. The highest BCUT2D eigenvalue weighted by atomic mass is 32.2. The highest BCUT2D eigenvalue weighted by Gasteiger charge is 2.18. The summed E-state index contributed by atoms with van der Waals surface area (Å²) in [5.41, 5.74) is 6.61. The van der Waals surface area contributed by atoms with Crippen molar-refractivity contribution < 1.29 is 8.42 Å². The van der Waals surface area contributed by atoms with Crippen LogP contribution in [0, 0.1) is 0 Å². The Morgan fingerprint density at radius 2 is 2.05 bits per heavy atom. The third-order valence-corrected chi connectivity index (χ3v) is 4.57. The van der Waals surface area contributed by atoms with E-state index in [1.807, 2.05) is 37.4 Å². The Kier molecular flexibility index (Phi) is 4.81. The predicted molar refractivity (Wildman–Crippen MR) is 82.5 cm³/mol. The molecular weight excluding hydrogens is 290 g/mol. The van der Waals surface area contributed by atoms with Crippen molar-refractivity contribution in [2.75, 3.05) is 30.8 Å². The number of aromatic amines is 1. The van der Waals surface area contributed by atoms with Gasteiger partial charge in [-0.1, -0.05) is 18.2 Å². The third-order valence-electron chi connectivity index (χ3n) is 3.08. The van der Waals surface area contributed by atoms with Crippen LogP contribution >= 0.6 is 0 Å². The van der Waals surface area contributed by atoms with Gasteiger partial charge < -0.3 is 10.6 Å². The number of aromatic nitrogens is 2. The van der Waals surface area contributed by atoms with E-state index in [2.05, 4.69) is 19.8 Å². The van der Waals surface area contributed by atoms with Crippen molar-refractivity contribution in [3.05, 3.63) is 36.5 Å². The number of sulfonamides is 1. The van der Waals surface area contributed by atoms with Crippen LogP contribution in [-0.2, 0) is 10.0 Å². The molecule has 2 rings (SSSR count). The number of para-hydroxylation sites is 1. The number of nitrogens with one attached hydrogen (secondary N) is 2. The minimum atomic E-state index is -3.60. The Hall–Kier alpha value is -2.06. The lowest BCUT2D eigenvalue weighted by atomic mass is 10.3. The van der Waals surface area contributed by atoms with E-state index in [0.717, 1.165) is 12.2 Å². The standard InChI is InChI=1S/C13H19N5O2S/c1-18(11-6-3-2-4-7-11)9-5-8-16-21(19,20)12-10-15-17-13(12)14/h2-4,6-7,10,16H,5,8-9H2,1H3,(H3,14,15,17). The highest BCUT2D eigenvalue weighted by molar-refractivity contribution is 7.89. The summed E-state index contributed by atoms with van der Waals surface area (Å²) in [7, 11) is -1.63. The first kappa shape index (κ1) is 15.3. The maximum atomic E-state index is 12.0. The summed E-state index contributed by atoms with van der Waals surface area (Å²) in [4.78, 5) is 2.06. The van der Waals surface area contributed by atoms with Crippen molar-refractivity contribution in [2.45, 2.75) is 11.3 Å². The molecule has 0 fully saturated rings. The van der Waals surface area contributed by atoms with Crippen LogP contribution in [0.1, 0.15) is 6.42 Å². The van der Waals surface area contributed by atoms with E-state index in [4.69, 9.17) is 5.73 Å². The van der Waals surface area contributed by atoms with Crippen molar-refractivity contribution in [3.8, 4) is 0 Å². The maximum absolute atomic E-state index is 12.0. The number of benzene rings is 1. The Bertz CT molecular complexity index is 669. The fourth-order valence-corrected chi connectivity index (χ4v) is 3.01. The van der Waals surface area contributed by atoms with Crippen LogP contribution in [0.2, 0.25) is 0 Å². The van der Waals surface area contributed by atoms with Crippen LogP contribution in [0.3, 0.4) is 0 Å². The number of H-pyrrole nitrogens is 1. The fraction of sp³-hybridized carbons (Fsp3) is 0.308. The molecule has 0 unspecified atom stereocenters. The average Bonchev–Trinajstić information content (AvgIpc) is 2.91. The molecule has 0 aliphatic carbocycles. The van der Waals surface area contributed by atoms with E-state index in [1.165, 1.54) is 6.20 Å². The van der Waals surface area contributed by atoms with Crippen molar-refractivity contribution in [2.24, 2.45) is 0 Å². The molecule has 0 saturated carbocycles. The summed E-state index contributed by atoms with van der Waals surface area (Å²) < 4.78 is 26.4. The van der Waals surface area contributed by atoms with Gasteiger partial charge in [0.25, 0.3) is 0 Å². The summed E-state index contributed by atoms with van der Waals surface area (Å²) in [5, 5.41) is 6.01. The predicted octanol–water partition coefficient (Wildman–Crippen LogP) is 0.797. The van der Waals surface area contributed by atoms with Gasteiger partial charge in [-0.2, -0.15) is 5.10 Å². The Morgan fingerprint density at radius 1 is 1.33 bits per heavy atom. The fourth-order valence-electron chi connectivity index (χ4n) is 1.91. The van der Waals surface area contributed by atoms with Gasteiger partial charge in [0, 0.05) is 25.8 Å². The number of nitrogens with zero attached hydrogens (tertiary/aromatic N) is 2. The monoisotopic (exact) mass is 309 g/mol. The summed E-state index contributed by atoms with van der Waals surface area (Å²) >= 11 is 0. The molecule has 0 aliphatic rings. The van der Waals surface area contributed by atoms with E-state index in [1.54, 1.807) is 0 Å². The number of hydrogen-bond acceptors (Lipinski definition) is 5. The molecule has 7 nitrogen and oxygen atoms in total. The zero-order valence-corrected chi connectivity index (χ0v) is 12.6. The molecule has 0 atom stereocenters. The van der Waals surface area contributed by atoms with Gasteiger partial charge in [-0.05, 0) is 18.6 Å². The maximum Gasteiger partial charge on any atom is 0.245 e. The molecule has 4 N–H and O–H groups in total. The molecule has 1 aromatic carbocycles. The Morgan fingerprint density at radius 3 is 2.67 bits per heavy atom. The summed E-state index contributed by atoms with van der Waals surface area (Å²) in [6, 6.07) is 9.92. The van der Waals surface area contributed by atoms with E-state index in [0.29, 0.717) is 13.0 Å². The molecule has 0 spiro atoms. The second-order valence-electron chi connectivity index (χ2n) is 4.66. The molecule has 21 heavy (non-hydrogen) atoms.